The van der Waals surface area contributed by atoms with Crippen molar-refractivity contribution in [3.05, 3.63) is 0 Å². The molecule has 8 nitrogen and oxygen atoms in total. The van der Waals surface area contributed by atoms with Crippen LogP contribution in [-0.4, -0.2) is 57.0 Å². The van der Waals surface area contributed by atoms with E-state index < -0.39 is 5.54 Å². The van der Waals surface area contributed by atoms with Gasteiger partial charge in [-0.2, -0.15) is 15.0 Å². The van der Waals surface area contributed by atoms with Crippen LogP contribution in [0.5, 0.6) is 0 Å². The zero-order valence-electron chi connectivity index (χ0n) is 11.7. The highest BCUT2D eigenvalue weighted by molar-refractivity contribution is 5.43. The van der Waals surface area contributed by atoms with Gasteiger partial charge in [0.1, 0.15) is 0 Å². The van der Waals surface area contributed by atoms with E-state index in [0.29, 0.717) is 12.4 Å². The molecule has 0 spiro atoms. The van der Waals surface area contributed by atoms with Crippen molar-refractivity contribution in [3.8, 4) is 0 Å². The Bertz CT molecular complexity index is 437. The minimum absolute atomic E-state index is 0.130. The van der Waals surface area contributed by atoms with Crippen LogP contribution in [0.3, 0.4) is 0 Å². The van der Waals surface area contributed by atoms with E-state index in [1.165, 1.54) is 0 Å². The summed E-state index contributed by atoms with van der Waals surface area (Å²) in [5, 5.41) is 21.9. The van der Waals surface area contributed by atoms with Crippen LogP contribution < -0.4 is 16.0 Å². The van der Waals surface area contributed by atoms with E-state index >= 15 is 0 Å². The van der Waals surface area contributed by atoms with E-state index in [-0.39, 0.29) is 25.1 Å². The Balaban J connectivity index is 2.23. The number of aliphatic hydroxyl groups is 2. The second kappa shape index (κ2) is 6.19. The van der Waals surface area contributed by atoms with Gasteiger partial charge in [0.2, 0.25) is 17.8 Å². The van der Waals surface area contributed by atoms with Gasteiger partial charge in [0.15, 0.2) is 0 Å². The van der Waals surface area contributed by atoms with Gasteiger partial charge < -0.3 is 26.2 Å². The fraction of sp³-hybridized carbons (Fsp3) is 0.750. The first-order valence-corrected chi connectivity index (χ1v) is 6.89. The molecule has 1 aromatic rings. The summed E-state index contributed by atoms with van der Waals surface area (Å²) in [6, 6.07) is 0. The van der Waals surface area contributed by atoms with E-state index in [0.717, 1.165) is 25.9 Å². The lowest BCUT2D eigenvalue weighted by atomic mass is 9.99. The molecule has 20 heavy (non-hydrogen) atoms. The van der Waals surface area contributed by atoms with Crippen LogP contribution in [0.25, 0.3) is 0 Å². The number of nitrogens with two attached hydrogens (primary N) is 1. The van der Waals surface area contributed by atoms with E-state index in [1.807, 2.05) is 6.92 Å². The summed E-state index contributed by atoms with van der Waals surface area (Å²) in [5.41, 5.74) is 4.87. The number of aliphatic hydroxyl groups excluding tert-OH is 2. The summed E-state index contributed by atoms with van der Waals surface area (Å²) in [4.78, 5) is 14.6. The lowest BCUT2D eigenvalue weighted by Crippen LogP contribution is -2.45. The largest absolute Gasteiger partial charge is 0.394 e. The number of hydrogen-bond donors (Lipinski definition) is 4. The predicted octanol–water partition coefficient (Wildman–Crippen LogP) is -0.401. The number of nitrogens with one attached hydrogen (secondary N) is 1. The topological polar surface area (TPSA) is 120 Å². The highest BCUT2D eigenvalue weighted by Crippen LogP contribution is 2.20. The zero-order chi connectivity index (χ0) is 14.6. The molecule has 5 N–H and O–H groups in total. The molecule has 1 saturated heterocycles. The van der Waals surface area contributed by atoms with Gasteiger partial charge in [0, 0.05) is 13.1 Å². The first-order chi connectivity index (χ1) is 9.62. The number of nitrogen functional groups attached to an aromatic ring is 1. The Morgan fingerprint density at radius 1 is 1.20 bits per heavy atom. The van der Waals surface area contributed by atoms with Crippen molar-refractivity contribution in [2.45, 2.75) is 31.7 Å². The summed E-state index contributed by atoms with van der Waals surface area (Å²) in [5.74, 6) is 0.952. The van der Waals surface area contributed by atoms with E-state index in [9.17, 15) is 10.2 Å². The fourth-order valence-corrected chi connectivity index (χ4v) is 2.17. The number of nitrogens with zero attached hydrogens (tertiary/aromatic N) is 4. The summed E-state index contributed by atoms with van der Waals surface area (Å²) in [6.07, 6.45) is 2.76. The molecule has 0 aromatic carbocycles. The molecule has 8 heteroatoms. The minimum Gasteiger partial charge on any atom is -0.394 e. The fourth-order valence-electron chi connectivity index (χ4n) is 2.17. The van der Waals surface area contributed by atoms with Crippen LogP contribution in [0.1, 0.15) is 26.2 Å². The van der Waals surface area contributed by atoms with E-state index in [2.05, 4.69) is 25.2 Å². The number of aromatic nitrogens is 3. The lowest BCUT2D eigenvalue weighted by Gasteiger charge is -2.30. The van der Waals surface area contributed by atoms with Crippen molar-refractivity contribution >= 4 is 17.8 Å². The molecule has 0 amide bonds. The second-order valence-corrected chi connectivity index (χ2v) is 5.09. The van der Waals surface area contributed by atoms with E-state index in [1.54, 1.807) is 0 Å². The van der Waals surface area contributed by atoms with Crippen LogP contribution in [0.15, 0.2) is 0 Å². The van der Waals surface area contributed by atoms with Gasteiger partial charge in [-0.15, -0.1) is 0 Å². The maximum Gasteiger partial charge on any atom is 0.231 e. The molecule has 0 aliphatic carbocycles. The van der Waals surface area contributed by atoms with Gasteiger partial charge >= 0.3 is 0 Å². The zero-order valence-corrected chi connectivity index (χ0v) is 11.7. The van der Waals surface area contributed by atoms with Gasteiger partial charge in [-0.1, -0.05) is 6.92 Å². The Labute approximate surface area is 118 Å². The monoisotopic (exact) mass is 282 g/mol. The average Bonchev–Trinajstić information content (AvgIpc) is 2.98. The van der Waals surface area contributed by atoms with Crippen LogP contribution in [-0.2, 0) is 0 Å². The van der Waals surface area contributed by atoms with Crippen molar-refractivity contribution in [1.29, 1.82) is 0 Å². The second-order valence-electron chi connectivity index (χ2n) is 5.09. The third-order valence-electron chi connectivity index (χ3n) is 3.69. The molecule has 1 aliphatic rings. The molecule has 1 fully saturated rings. The Morgan fingerprint density at radius 3 is 2.40 bits per heavy atom. The number of anilines is 3. The van der Waals surface area contributed by atoms with Crippen molar-refractivity contribution in [2.75, 3.05) is 42.3 Å². The van der Waals surface area contributed by atoms with Crippen LogP contribution in [0.4, 0.5) is 17.8 Å². The number of hydrogen-bond acceptors (Lipinski definition) is 8. The van der Waals surface area contributed by atoms with E-state index in [4.69, 9.17) is 5.73 Å². The first kappa shape index (κ1) is 14.7. The molecule has 2 rings (SSSR count). The quantitative estimate of drug-likeness (QED) is 0.556. The van der Waals surface area contributed by atoms with Gasteiger partial charge in [-0.3, -0.25) is 0 Å². The van der Waals surface area contributed by atoms with Gasteiger partial charge in [-0.05, 0) is 19.3 Å². The minimum atomic E-state index is -0.851. The smallest absolute Gasteiger partial charge is 0.231 e. The Kier molecular flexibility index (Phi) is 4.56. The molecular formula is C12H22N6O2. The van der Waals surface area contributed by atoms with Crippen molar-refractivity contribution in [2.24, 2.45) is 0 Å². The molecule has 112 valence electrons. The molecule has 0 unspecified atom stereocenters. The molecule has 0 saturated carbocycles. The van der Waals surface area contributed by atoms with Gasteiger partial charge in [0.25, 0.3) is 0 Å². The Morgan fingerprint density at radius 2 is 1.85 bits per heavy atom. The normalized spacial score (nSPS) is 15.7. The van der Waals surface area contributed by atoms with Crippen molar-refractivity contribution in [3.63, 3.8) is 0 Å². The highest BCUT2D eigenvalue weighted by Gasteiger charge is 2.28. The maximum absolute atomic E-state index is 9.45. The van der Waals surface area contributed by atoms with Crippen LogP contribution >= 0.6 is 0 Å². The third-order valence-corrected chi connectivity index (χ3v) is 3.69. The maximum atomic E-state index is 9.45. The highest BCUT2D eigenvalue weighted by atomic mass is 16.3. The number of rotatable bonds is 6. The van der Waals surface area contributed by atoms with Crippen molar-refractivity contribution < 1.29 is 10.2 Å². The molecular weight excluding hydrogens is 260 g/mol. The van der Waals surface area contributed by atoms with Gasteiger partial charge in [0.05, 0.1) is 18.8 Å². The summed E-state index contributed by atoms with van der Waals surface area (Å²) >= 11 is 0. The Hall–Kier alpha value is -1.67. The summed E-state index contributed by atoms with van der Waals surface area (Å²) in [6.45, 7) is 3.24. The summed E-state index contributed by atoms with van der Waals surface area (Å²) in [7, 11) is 0. The molecule has 1 aromatic heterocycles. The standard InChI is InChI=1S/C12H22N6O2/c1-2-12(7-19,8-20)17-10-14-9(13)15-11(16-10)18-5-3-4-6-18/h19-20H,2-8H2,1H3,(H3,13,14,15,16,17). The molecule has 2 heterocycles. The molecule has 0 bridgehead atoms. The molecule has 0 atom stereocenters. The van der Waals surface area contributed by atoms with Crippen LogP contribution in [0.2, 0.25) is 0 Å². The summed E-state index contributed by atoms with van der Waals surface area (Å²) < 4.78 is 0. The van der Waals surface area contributed by atoms with Crippen molar-refractivity contribution in [1.82, 2.24) is 15.0 Å². The van der Waals surface area contributed by atoms with Gasteiger partial charge in [-0.25, -0.2) is 0 Å². The SMILES string of the molecule is CCC(CO)(CO)Nc1nc(N)nc(N2CCCC2)n1. The average molecular weight is 282 g/mol. The molecule has 0 radical (unpaired) electrons. The third kappa shape index (κ3) is 3.07. The first-order valence-electron chi connectivity index (χ1n) is 6.89. The lowest BCUT2D eigenvalue weighted by molar-refractivity contribution is 0.132. The van der Waals surface area contributed by atoms with Crippen LogP contribution in [0, 0.1) is 0 Å². The molecule has 1 aliphatic heterocycles. The predicted molar refractivity (Wildman–Crippen MR) is 76.5 cm³/mol.